The Balaban J connectivity index is 2.64. The van der Waals surface area contributed by atoms with Crippen LogP contribution in [0.5, 0.6) is 0 Å². The van der Waals surface area contributed by atoms with Crippen LogP contribution in [0, 0.1) is 0 Å². The van der Waals surface area contributed by atoms with Crippen molar-refractivity contribution in [1.82, 2.24) is 8.75 Å². The zero-order valence-corrected chi connectivity index (χ0v) is 8.64. The molecule has 0 amide bonds. The molecular formula is C10H5ClN2S. The lowest BCUT2D eigenvalue weighted by atomic mass is 10.1. The van der Waals surface area contributed by atoms with E-state index in [1.807, 2.05) is 30.3 Å². The zero-order valence-electron chi connectivity index (χ0n) is 7.07. The van der Waals surface area contributed by atoms with Crippen molar-refractivity contribution < 1.29 is 0 Å². The highest BCUT2D eigenvalue weighted by Gasteiger charge is 2.05. The molecule has 0 unspecified atom stereocenters. The number of fused-ring (bicyclic) bond motifs is 3. The fourth-order valence-corrected chi connectivity index (χ4v) is 2.35. The number of hydrogen-bond acceptors (Lipinski definition) is 3. The topological polar surface area (TPSA) is 25.8 Å². The van der Waals surface area contributed by atoms with Gasteiger partial charge in [0.25, 0.3) is 0 Å². The Hall–Kier alpha value is -1.19. The number of hydrogen-bond donors (Lipinski definition) is 0. The molecule has 0 radical (unpaired) electrons. The third-order valence-corrected chi connectivity index (χ3v) is 3.10. The highest BCUT2D eigenvalue weighted by atomic mass is 35.5. The Morgan fingerprint density at radius 3 is 2.86 bits per heavy atom. The largest absolute Gasteiger partial charge is 0.173 e. The molecule has 0 spiro atoms. The van der Waals surface area contributed by atoms with E-state index in [2.05, 4.69) is 8.75 Å². The monoisotopic (exact) mass is 220 g/mol. The second kappa shape index (κ2) is 2.90. The molecule has 68 valence electrons. The van der Waals surface area contributed by atoms with Gasteiger partial charge in [0, 0.05) is 15.8 Å². The van der Waals surface area contributed by atoms with Crippen molar-refractivity contribution in [2.24, 2.45) is 0 Å². The fraction of sp³-hybridized carbons (Fsp3) is 0. The SMILES string of the molecule is Clc1cccc2c1ccc1nsnc12. The van der Waals surface area contributed by atoms with Crippen molar-refractivity contribution >= 4 is 45.1 Å². The van der Waals surface area contributed by atoms with Gasteiger partial charge in [0.15, 0.2) is 0 Å². The first-order valence-corrected chi connectivity index (χ1v) is 5.26. The van der Waals surface area contributed by atoms with Crippen molar-refractivity contribution in [3.05, 3.63) is 35.4 Å². The lowest BCUT2D eigenvalue weighted by Crippen LogP contribution is -1.76. The van der Waals surface area contributed by atoms with Crippen LogP contribution in [0.15, 0.2) is 30.3 Å². The Labute approximate surface area is 89.5 Å². The molecule has 3 aromatic rings. The molecule has 1 heterocycles. The van der Waals surface area contributed by atoms with Crippen LogP contribution < -0.4 is 0 Å². The van der Waals surface area contributed by atoms with Gasteiger partial charge in [-0.05, 0) is 12.1 Å². The smallest absolute Gasteiger partial charge is 0.112 e. The van der Waals surface area contributed by atoms with E-state index in [4.69, 9.17) is 11.6 Å². The maximum absolute atomic E-state index is 6.08. The van der Waals surface area contributed by atoms with Gasteiger partial charge >= 0.3 is 0 Å². The van der Waals surface area contributed by atoms with Crippen LogP contribution in [-0.4, -0.2) is 8.75 Å². The van der Waals surface area contributed by atoms with E-state index in [0.29, 0.717) is 0 Å². The van der Waals surface area contributed by atoms with E-state index in [-0.39, 0.29) is 0 Å². The number of halogens is 1. The first-order chi connectivity index (χ1) is 6.86. The van der Waals surface area contributed by atoms with Crippen molar-refractivity contribution in [1.29, 1.82) is 0 Å². The van der Waals surface area contributed by atoms with Gasteiger partial charge in [0.05, 0.1) is 11.7 Å². The summed E-state index contributed by atoms with van der Waals surface area (Å²) < 4.78 is 8.45. The van der Waals surface area contributed by atoms with Gasteiger partial charge in [0.2, 0.25) is 0 Å². The number of nitrogens with zero attached hydrogens (tertiary/aromatic N) is 2. The molecule has 0 N–H and O–H groups in total. The summed E-state index contributed by atoms with van der Waals surface area (Å²) in [5, 5.41) is 2.87. The van der Waals surface area contributed by atoms with Gasteiger partial charge in [-0.15, -0.1) is 0 Å². The molecule has 0 aliphatic rings. The molecule has 0 saturated heterocycles. The number of rotatable bonds is 0. The van der Waals surface area contributed by atoms with Gasteiger partial charge in [-0.1, -0.05) is 29.8 Å². The zero-order chi connectivity index (χ0) is 9.54. The molecule has 4 heteroatoms. The molecule has 0 fully saturated rings. The van der Waals surface area contributed by atoms with Crippen molar-refractivity contribution in [2.75, 3.05) is 0 Å². The lowest BCUT2D eigenvalue weighted by Gasteiger charge is -1.99. The first kappa shape index (κ1) is 8.15. The van der Waals surface area contributed by atoms with Crippen LogP contribution in [0.4, 0.5) is 0 Å². The summed E-state index contributed by atoms with van der Waals surface area (Å²) >= 11 is 7.31. The Kier molecular flexibility index (Phi) is 1.69. The first-order valence-electron chi connectivity index (χ1n) is 4.16. The molecule has 0 aliphatic heterocycles. The predicted octanol–water partition coefficient (Wildman–Crippen LogP) is 3.50. The average Bonchev–Trinajstić information content (AvgIpc) is 2.66. The third-order valence-electron chi connectivity index (χ3n) is 2.23. The Bertz CT molecular complexity index is 618. The van der Waals surface area contributed by atoms with E-state index >= 15 is 0 Å². The highest BCUT2D eigenvalue weighted by Crippen LogP contribution is 2.28. The Morgan fingerprint density at radius 2 is 1.93 bits per heavy atom. The van der Waals surface area contributed by atoms with Crippen LogP contribution in [0.3, 0.4) is 0 Å². The maximum Gasteiger partial charge on any atom is 0.112 e. The van der Waals surface area contributed by atoms with Gasteiger partial charge < -0.3 is 0 Å². The molecule has 14 heavy (non-hydrogen) atoms. The molecular weight excluding hydrogens is 216 g/mol. The summed E-state index contributed by atoms with van der Waals surface area (Å²) in [7, 11) is 0. The summed E-state index contributed by atoms with van der Waals surface area (Å²) in [6, 6.07) is 9.78. The van der Waals surface area contributed by atoms with Gasteiger partial charge in [0.1, 0.15) is 11.0 Å². The molecule has 1 aromatic heterocycles. The summed E-state index contributed by atoms with van der Waals surface area (Å²) in [5.41, 5.74) is 1.87. The van der Waals surface area contributed by atoms with Crippen LogP contribution in [-0.2, 0) is 0 Å². The summed E-state index contributed by atoms with van der Waals surface area (Å²) in [4.78, 5) is 0. The summed E-state index contributed by atoms with van der Waals surface area (Å²) in [5.74, 6) is 0. The standard InChI is InChI=1S/C10H5ClN2S/c11-8-3-1-2-7-6(8)4-5-9-10(7)13-14-12-9/h1-5H. The minimum Gasteiger partial charge on any atom is -0.173 e. The number of aromatic nitrogens is 2. The molecule has 2 aromatic carbocycles. The molecule has 0 saturated carbocycles. The fourth-order valence-electron chi connectivity index (χ4n) is 1.57. The second-order valence-corrected chi connectivity index (χ2v) is 3.97. The predicted molar refractivity (Wildman–Crippen MR) is 59.9 cm³/mol. The summed E-state index contributed by atoms with van der Waals surface area (Å²) in [6.45, 7) is 0. The average molecular weight is 221 g/mol. The van der Waals surface area contributed by atoms with Gasteiger partial charge in [-0.3, -0.25) is 0 Å². The van der Waals surface area contributed by atoms with Crippen molar-refractivity contribution in [3.8, 4) is 0 Å². The molecule has 0 atom stereocenters. The Morgan fingerprint density at radius 1 is 1.00 bits per heavy atom. The maximum atomic E-state index is 6.08. The van der Waals surface area contributed by atoms with Crippen LogP contribution in [0.25, 0.3) is 21.8 Å². The van der Waals surface area contributed by atoms with E-state index in [1.54, 1.807) is 0 Å². The lowest BCUT2D eigenvalue weighted by molar-refractivity contribution is 1.67. The minimum atomic E-state index is 0.761. The van der Waals surface area contributed by atoms with E-state index in [9.17, 15) is 0 Å². The van der Waals surface area contributed by atoms with Gasteiger partial charge in [-0.25, -0.2) is 0 Å². The van der Waals surface area contributed by atoms with Crippen molar-refractivity contribution in [2.45, 2.75) is 0 Å². The normalized spacial score (nSPS) is 11.2. The minimum absolute atomic E-state index is 0.761. The number of benzene rings is 2. The van der Waals surface area contributed by atoms with E-state index in [0.717, 1.165) is 26.8 Å². The molecule has 3 rings (SSSR count). The van der Waals surface area contributed by atoms with Crippen LogP contribution in [0.1, 0.15) is 0 Å². The molecule has 0 bridgehead atoms. The van der Waals surface area contributed by atoms with Crippen molar-refractivity contribution in [3.63, 3.8) is 0 Å². The van der Waals surface area contributed by atoms with Crippen LogP contribution in [0.2, 0.25) is 5.02 Å². The highest BCUT2D eigenvalue weighted by molar-refractivity contribution is 7.00. The molecule has 2 nitrogen and oxygen atoms in total. The quantitative estimate of drug-likeness (QED) is 0.580. The van der Waals surface area contributed by atoms with Gasteiger partial charge in [-0.2, -0.15) is 8.75 Å². The summed E-state index contributed by atoms with van der Waals surface area (Å²) in [6.07, 6.45) is 0. The third kappa shape index (κ3) is 1.03. The van der Waals surface area contributed by atoms with Crippen LogP contribution >= 0.6 is 23.3 Å². The second-order valence-electron chi connectivity index (χ2n) is 3.03. The molecule has 0 aliphatic carbocycles. The van der Waals surface area contributed by atoms with E-state index < -0.39 is 0 Å². The van der Waals surface area contributed by atoms with E-state index in [1.165, 1.54) is 11.7 Å².